The summed E-state index contributed by atoms with van der Waals surface area (Å²) in [7, 11) is 1.80. The number of hydrogen-bond donors (Lipinski definition) is 0. The first kappa shape index (κ1) is 20.4. The van der Waals surface area contributed by atoms with Gasteiger partial charge in [-0.2, -0.15) is 0 Å². The molecule has 4 aromatic rings. The zero-order valence-electron chi connectivity index (χ0n) is 16.7. The molecule has 0 aliphatic heterocycles. The van der Waals surface area contributed by atoms with Gasteiger partial charge < -0.3 is 9.47 Å². The van der Waals surface area contributed by atoms with Gasteiger partial charge in [0.25, 0.3) is 0 Å². The van der Waals surface area contributed by atoms with Crippen molar-refractivity contribution in [3.63, 3.8) is 0 Å². The number of imidazole rings is 1. The van der Waals surface area contributed by atoms with E-state index in [0.29, 0.717) is 16.7 Å². The molecule has 154 valence electrons. The monoisotopic (exact) mass is 440 g/mol. The third kappa shape index (κ3) is 4.20. The largest absolute Gasteiger partial charge is 0.338 e. The number of thioether (sulfide) groups is 1. The van der Waals surface area contributed by atoms with E-state index in [1.807, 2.05) is 47.0 Å². The van der Waals surface area contributed by atoms with Crippen molar-refractivity contribution < 1.29 is 4.79 Å². The highest BCUT2D eigenvalue weighted by molar-refractivity contribution is 7.99. The summed E-state index contributed by atoms with van der Waals surface area (Å²) in [6.07, 6.45) is 1.62. The van der Waals surface area contributed by atoms with Gasteiger partial charge in [0.1, 0.15) is 12.2 Å². The average Bonchev–Trinajstić information content (AvgIpc) is 3.35. The number of nitrogens with zero attached hydrogens (tertiary/aromatic N) is 6. The predicted octanol–water partition coefficient (Wildman–Crippen LogP) is 4.04. The van der Waals surface area contributed by atoms with E-state index in [0.717, 1.165) is 29.1 Å². The lowest BCUT2D eigenvalue weighted by Gasteiger charge is -2.17. The number of aromatic nitrogens is 5. The van der Waals surface area contributed by atoms with Crippen molar-refractivity contribution in [2.45, 2.75) is 25.2 Å². The fourth-order valence-corrected chi connectivity index (χ4v) is 4.32. The number of amides is 1. The molecular weight excluding hydrogens is 420 g/mol. The van der Waals surface area contributed by atoms with Crippen LogP contribution >= 0.6 is 23.4 Å². The van der Waals surface area contributed by atoms with E-state index in [4.69, 9.17) is 16.6 Å². The Labute approximate surface area is 183 Å². The second-order valence-corrected chi connectivity index (χ2v) is 8.14. The van der Waals surface area contributed by atoms with Gasteiger partial charge in [0, 0.05) is 18.6 Å². The SMILES string of the molecule is CCn1c(CN(C)C(=O)CSc2nncn2-c2cccc(Cl)c2)nc2ccccc21. The maximum atomic E-state index is 12.7. The van der Waals surface area contributed by atoms with E-state index in [1.54, 1.807) is 18.3 Å². The highest BCUT2D eigenvalue weighted by Crippen LogP contribution is 2.22. The second-order valence-electron chi connectivity index (χ2n) is 6.76. The Morgan fingerprint density at radius 2 is 2.03 bits per heavy atom. The number of fused-ring (bicyclic) bond motifs is 1. The van der Waals surface area contributed by atoms with Crippen molar-refractivity contribution in [2.24, 2.45) is 0 Å². The van der Waals surface area contributed by atoms with Crippen LogP contribution in [-0.2, 0) is 17.9 Å². The van der Waals surface area contributed by atoms with Crippen LogP contribution in [0, 0.1) is 0 Å². The minimum atomic E-state index is -0.00430. The van der Waals surface area contributed by atoms with Crippen LogP contribution in [0.3, 0.4) is 0 Å². The van der Waals surface area contributed by atoms with E-state index < -0.39 is 0 Å². The van der Waals surface area contributed by atoms with Gasteiger partial charge in [-0.05, 0) is 37.3 Å². The third-order valence-corrected chi connectivity index (χ3v) is 5.94. The van der Waals surface area contributed by atoms with Gasteiger partial charge in [-0.1, -0.05) is 41.6 Å². The zero-order valence-corrected chi connectivity index (χ0v) is 18.3. The highest BCUT2D eigenvalue weighted by Gasteiger charge is 2.17. The van der Waals surface area contributed by atoms with E-state index in [2.05, 4.69) is 27.8 Å². The average molecular weight is 441 g/mol. The molecule has 9 heteroatoms. The van der Waals surface area contributed by atoms with Crippen LogP contribution in [0.2, 0.25) is 5.02 Å². The van der Waals surface area contributed by atoms with Gasteiger partial charge in [-0.3, -0.25) is 9.36 Å². The number of hydrogen-bond acceptors (Lipinski definition) is 5. The molecule has 0 saturated carbocycles. The van der Waals surface area contributed by atoms with Crippen LogP contribution in [0.1, 0.15) is 12.7 Å². The van der Waals surface area contributed by atoms with Crippen molar-refractivity contribution in [1.29, 1.82) is 0 Å². The molecule has 0 aliphatic carbocycles. The summed E-state index contributed by atoms with van der Waals surface area (Å²) in [5, 5.41) is 9.39. The van der Waals surface area contributed by atoms with Crippen LogP contribution in [0.4, 0.5) is 0 Å². The zero-order chi connectivity index (χ0) is 21.1. The van der Waals surface area contributed by atoms with Crippen molar-refractivity contribution in [3.05, 3.63) is 65.7 Å². The summed E-state index contributed by atoms with van der Waals surface area (Å²) in [5.41, 5.74) is 2.88. The number of halogens is 1. The van der Waals surface area contributed by atoms with Crippen molar-refractivity contribution in [3.8, 4) is 5.69 Å². The Balaban J connectivity index is 1.44. The first-order valence-electron chi connectivity index (χ1n) is 9.53. The lowest BCUT2D eigenvalue weighted by Crippen LogP contribution is -2.29. The van der Waals surface area contributed by atoms with Gasteiger partial charge in [-0.15, -0.1) is 10.2 Å². The standard InChI is InChI=1S/C21H21ClN6OS/c1-3-27-18-10-5-4-9-17(18)24-19(27)12-26(2)20(29)13-30-21-25-23-14-28(21)16-8-6-7-15(22)11-16/h4-11,14H,3,12-13H2,1-2H3. The summed E-state index contributed by atoms with van der Waals surface area (Å²) in [6.45, 7) is 3.33. The molecule has 0 unspecified atom stereocenters. The first-order valence-corrected chi connectivity index (χ1v) is 10.9. The number of aryl methyl sites for hydroxylation is 1. The molecule has 0 N–H and O–H groups in total. The minimum absolute atomic E-state index is 0.00430. The van der Waals surface area contributed by atoms with Crippen LogP contribution in [0.25, 0.3) is 16.7 Å². The van der Waals surface area contributed by atoms with E-state index in [-0.39, 0.29) is 11.7 Å². The Bertz CT molecular complexity index is 1190. The third-order valence-electron chi connectivity index (χ3n) is 4.78. The molecular formula is C21H21ClN6OS. The maximum Gasteiger partial charge on any atom is 0.233 e. The Morgan fingerprint density at radius 1 is 1.20 bits per heavy atom. The van der Waals surface area contributed by atoms with Crippen LogP contribution < -0.4 is 0 Å². The van der Waals surface area contributed by atoms with Gasteiger partial charge in [0.2, 0.25) is 5.91 Å². The molecule has 0 radical (unpaired) electrons. The molecule has 0 spiro atoms. The molecule has 2 aromatic carbocycles. The van der Waals surface area contributed by atoms with Crippen LogP contribution in [-0.4, -0.2) is 47.9 Å². The van der Waals surface area contributed by atoms with Crippen molar-refractivity contribution in [2.75, 3.05) is 12.8 Å². The van der Waals surface area contributed by atoms with Gasteiger partial charge >= 0.3 is 0 Å². The van der Waals surface area contributed by atoms with Gasteiger partial charge in [0.15, 0.2) is 5.16 Å². The summed E-state index contributed by atoms with van der Waals surface area (Å²) in [5.74, 6) is 1.12. The van der Waals surface area contributed by atoms with E-state index in [9.17, 15) is 4.79 Å². The fourth-order valence-electron chi connectivity index (χ4n) is 3.26. The number of carbonyl (C=O) groups excluding carboxylic acids is 1. The Hall–Kier alpha value is -2.84. The highest BCUT2D eigenvalue weighted by atomic mass is 35.5. The summed E-state index contributed by atoms with van der Waals surface area (Å²) < 4.78 is 3.96. The number of rotatable bonds is 7. The van der Waals surface area contributed by atoms with E-state index in [1.165, 1.54) is 11.8 Å². The number of carbonyl (C=O) groups is 1. The molecule has 7 nitrogen and oxygen atoms in total. The molecule has 30 heavy (non-hydrogen) atoms. The van der Waals surface area contributed by atoms with E-state index >= 15 is 0 Å². The van der Waals surface area contributed by atoms with Gasteiger partial charge in [-0.25, -0.2) is 4.98 Å². The molecule has 0 saturated heterocycles. The predicted molar refractivity (Wildman–Crippen MR) is 119 cm³/mol. The molecule has 0 aliphatic rings. The van der Waals surface area contributed by atoms with Crippen LogP contribution in [0.15, 0.2) is 60.0 Å². The normalized spacial score (nSPS) is 11.2. The molecule has 0 fully saturated rings. The molecule has 0 bridgehead atoms. The lowest BCUT2D eigenvalue weighted by atomic mass is 10.3. The fraction of sp³-hybridized carbons (Fsp3) is 0.238. The van der Waals surface area contributed by atoms with Crippen LogP contribution in [0.5, 0.6) is 0 Å². The minimum Gasteiger partial charge on any atom is -0.338 e. The summed E-state index contributed by atoms with van der Waals surface area (Å²) in [4.78, 5) is 19.1. The molecule has 0 atom stereocenters. The molecule has 2 heterocycles. The molecule has 1 amide bonds. The number of benzene rings is 2. The summed E-state index contributed by atoms with van der Waals surface area (Å²) in [6, 6.07) is 15.4. The Kier molecular flexibility index (Phi) is 6.06. The second kappa shape index (κ2) is 8.89. The smallest absolute Gasteiger partial charge is 0.233 e. The Morgan fingerprint density at radius 3 is 2.83 bits per heavy atom. The topological polar surface area (TPSA) is 68.8 Å². The molecule has 4 rings (SSSR count). The maximum absolute atomic E-state index is 12.7. The first-order chi connectivity index (χ1) is 14.6. The van der Waals surface area contributed by atoms with Gasteiger partial charge in [0.05, 0.1) is 29.0 Å². The summed E-state index contributed by atoms with van der Waals surface area (Å²) >= 11 is 7.43. The number of para-hydroxylation sites is 2. The van der Waals surface area contributed by atoms with Crippen molar-refractivity contribution >= 4 is 40.3 Å². The molecule has 2 aromatic heterocycles. The quantitative estimate of drug-likeness (QED) is 0.405. The van der Waals surface area contributed by atoms with Crippen molar-refractivity contribution in [1.82, 2.24) is 29.2 Å². The lowest BCUT2D eigenvalue weighted by molar-refractivity contribution is -0.127.